The Morgan fingerprint density at radius 3 is 2.32 bits per heavy atom. The van der Waals surface area contributed by atoms with Gasteiger partial charge in [-0.2, -0.15) is 4.68 Å². The third-order valence-corrected chi connectivity index (χ3v) is 2.95. The Morgan fingerprint density at radius 1 is 0.947 bits per heavy atom. The quantitative estimate of drug-likeness (QED) is 0.776. The molecule has 0 amide bonds. The Balaban J connectivity index is 1.98. The van der Waals surface area contributed by atoms with Gasteiger partial charge in [-0.15, -0.1) is 0 Å². The zero-order valence-corrected chi connectivity index (χ0v) is 10.8. The number of tetrazole rings is 1. The summed E-state index contributed by atoms with van der Waals surface area (Å²) in [5.41, 5.74) is 6.32. The van der Waals surface area contributed by atoms with Gasteiger partial charge < -0.3 is 0 Å². The second-order valence-corrected chi connectivity index (χ2v) is 4.31. The van der Waals surface area contributed by atoms with Crippen molar-refractivity contribution in [1.82, 2.24) is 24.9 Å². The van der Waals surface area contributed by atoms with E-state index in [9.17, 15) is 0 Å². The Kier molecular flexibility index (Phi) is 2.75. The maximum absolute atomic E-state index is 4.02. The second-order valence-electron chi connectivity index (χ2n) is 4.31. The minimum atomic E-state index is 0.577. The van der Waals surface area contributed by atoms with Crippen LogP contribution in [0.25, 0.3) is 5.69 Å². The molecule has 1 N–H and O–H groups in total. The van der Waals surface area contributed by atoms with Crippen LogP contribution in [0.2, 0.25) is 0 Å². The number of aromatic nitrogens is 5. The van der Waals surface area contributed by atoms with Gasteiger partial charge in [0.05, 0.1) is 5.69 Å². The molecule has 0 bridgehead atoms. The monoisotopic (exact) mass is 254 g/mol. The van der Waals surface area contributed by atoms with E-state index in [0.29, 0.717) is 5.95 Å². The fraction of sp³-hybridized carbons (Fsp3) is 0.154. The highest BCUT2D eigenvalue weighted by Crippen LogP contribution is 2.13. The highest BCUT2D eigenvalue weighted by molar-refractivity contribution is 5.39. The van der Waals surface area contributed by atoms with Crippen LogP contribution in [-0.4, -0.2) is 24.9 Å². The van der Waals surface area contributed by atoms with Gasteiger partial charge in [0.2, 0.25) is 0 Å². The van der Waals surface area contributed by atoms with Crippen LogP contribution in [0.4, 0.5) is 5.95 Å². The first-order valence-corrected chi connectivity index (χ1v) is 6.01. The van der Waals surface area contributed by atoms with Gasteiger partial charge >= 0.3 is 0 Å². The molecule has 0 radical (unpaired) electrons. The number of anilines is 1. The van der Waals surface area contributed by atoms with Crippen LogP contribution in [-0.2, 0) is 0 Å². The fourth-order valence-electron chi connectivity index (χ4n) is 1.94. The number of nitrogens with zero attached hydrogens (tertiary/aromatic N) is 5. The molecular weight excluding hydrogens is 240 g/mol. The zero-order valence-electron chi connectivity index (χ0n) is 10.8. The van der Waals surface area contributed by atoms with Gasteiger partial charge in [-0.25, -0.2) is 0 Å². The molecule has 96 valence electrons. The number of para-hydroxylation sites is 1. The summed E-state index contributed by atoms with van der Waals surface area (Å²) in [6.07, 6.45) is 0. The molecule has 6 heteroatoms. The van der Waals surface area contributed by atoms with Crippen LogP contribution in [0, 0.1) is 13.8 Å². The van der Waals surface area contributed by atoms with Gasteiger partial charge in [0.1, 0.15) is 0 Å². The summed E-state index contributed by atoms with van der Waals surface area (Å²) in [5.74, 6) is 0.577. The van der Waals surface area contributed by atoms with Gasteiger partial charge in [-0.05, 0) is 48.5 Å². The highest BCUT2D eigenvalue weighted by Gasteiger charge is 2.09. The van der Waals surface area contributed by atoms with Crippen molar-refractivity contribution >= 4 is 5.95 Å². The number of aryl methyl sites for hydroxylation is 2. The molecular formula is C13H14N6. The maximum atomic E-state index is 4.02. The first kappa shape index (κ1) is 11.5. The number of hydrogen-bond acceptors (Lipinski definition) is 4. The van der Waals surface area contributed by atoms with Crippen molar-refractivity contribution in [2.45, 2.75) is 13.8 Å². The number of nitrogens with one attached hydrogen (secondary N) is 1. The second kappa shape index (κ2) is 4.56. The van der Waals surface area contributed by atoms with Crippen LogP contribution in [0.15, 0.2) is 42.5 Å². The van der Waals surface area contributed by atoms with E-state index in [1.807, 2.05) is 61.0 Å². The van der Waals surface area contributed by atoms with Crippen molar-refractivity contribution in [1.29, 1.82) is 0 Å². The third-order valence-electron chi connectivity index (χ3n) is 2.95. The Labute approximate surface area is 110 Å². The first-order valence-electron chi connectivity index (χ1n) is 6.01. The van der Waals surface area contributed by atoms with E-state index in [1.54, 1.807) is 4.68 Å². The van der Waals surface area contributed by atoms with Crippen LogP contribution in [0.5, 0.6) is 0 Å². The molecule has 3 aromatic rings. The van der Waals surface area contributed by atoms with E-state index in [4.69, 9.17) is 0 Å². The molecule has 19 heavy (non-hydrogen) atoms. The van der Waals surface area contributed by atoms with Crippen molar-refractivity contribution in [3.8, 4) is 5.69 Å². The number of rotatable bonds is 3. The van der Waals surface area contributed by atoms with E-state index >= 15 is 0 Å². The average Bonchev–Trinajstić information content (AvgIpc) is 3.02. The predicted molar refractivity (Wildman–Crippen MR) is 72.1 cm³/mol. The smallest absolute Gasteiger partial charge is 0.262 e. The standard InChI is InChI=1S/C13H14N6/c1-10-8-9-11(2)18(10)15-13-14-16-17-19(13)12-6-4-3-5-7-12/h3-9H,1-2H3,(H,14,15,17). The lowest BCUT2D eigenvalue weighted by Gasteiger charge is -2.11. The minimum absolute atomic E-state index is 0.577. The molecule has 0 aliphatic carbocycles. The normalized spacial score (nSPS) is 10.6. The van der Waals surface area contributed by atoms with E-state index in [-0.39, 0.29) is 0 Å². The molecule has 0 unspecified atom stereocenters. The topological polar surface area (TPSA) is 60.6 Å². The van der Waals surface area contributed by atoms with Crippen molar-refractivity contribution in [3.63, 3.8) is 0 Å². The predicted octanol–water partition coefficient (Wildman–Crippen LogP) is 1.96. The SMILES string of the molecule is Cc1ccc(C)n1Nc1nnnn1-c1ccccc1. The van der Waals surface area contributed by atoms with Crippen LogP contribution < -0.4 is 5.43 Å². The van der Waals surface area contributed by atoms with Gasteiger partial charge in [0.15, 0.2) is 0 Å². The number of hydrogen-bond donors (Lipinski definition) is 1. The summed E-state index contributed by atoms with van der Waals surface area (Å²) in [5, 5.41) is 11.8. The zero-order chi connectivity index (χ0) is 13.2. The summed E-state index contributed by atoms with van der Waals surface area (Å²) < 4.78 is 3.62. The highest BCUT2D eigenvalue weighted by atomic mass is 15.6. The van der Waals surface area contributed by atoms with Gasteiger partial charge in [0.25, 0.3) is 5.95 Å². The lowest BCUT2D eigenvalue weighted by atomic mass is 10.3. The van der Waals surface area contributed by atoms with Crippen molar-refractivity contribution in [2.24, 2.45) is 0 Å². The first-order chi connectivity index (χ1) is 9.25. The van der Waals surface area contributed by atoms with E-state index in [1.165, 1.54) is 0 Å². The lowest BCUT2D eigenvalue weighted by Crippen LogP contribution is -2.16. The van der Waals surface area contributed by atoms with Crippen molar-refractivity contribution < 1.29 is 0 Å². The lowest BCUT2D eigenvalue weighted by molar-refractivity contribution is 0.779. The molecule has 0 atom stereocenters. The largest absolute Gasteiger partial charge is 0.266 e. The van der Waals surface area contributed by atoms with Gasteiger partial charge in [-0.1, -0.05) is 23.3 Å². The fourth-order valence-corrected chi connectivity index (χ4v) is 1.94. The minimum Gasteiger partial charge on any atom is -0.262 e. The van der Waals surface area contributed by atoms with Crippen molar-refractivity contribution in [3.05, 3.63) is 53.9 Å². The Hall–Kier alpha value is -2.63. The molecule has 0 saturated carbocycles. The summed E-state index contributed by atoms with van der Waals surface area (Å²) >= 11 is 0. The molecule has 0 fully saturated rings. The van der Waals surface area contributed by atoms with Crippen LogP contribution in [0.3, 0.4) is 0 Å². The molecule has 3 rings (SSSR count). The number of benzene rings is 1. The molecule has 2 aromatic heterocycles. The molecule has 2 heterocycles. The molecule has 6 nitrogen and oxygen atoms in total. The van der Waals surface area contributed by atoms with Crippen molar-refractivity contribution in [2.75, 3.05) is 5.43 Å². The average molecular weight is 254 g/mol. The molecule has 1 aromatic carbocycles. The van der Waals surface area contributed by atoms with Gasteiger partial charge in [0, 0.05) is 11.4 Å². The molecule has 0 aliphatic rings. The summed E-state index contributed by atoms with van der Waals surface area (Å²) in [4.78, 5) is 0. The third kappa shape index (κ3) is 2.08. The Bertz CT molecular complexity index is 663. The molecule has 0 spiro atoms. The summed E-state index contributed by atoms with van der Waals surface area (Å²) in [6, 6.07) is 13.9. The van der Waals surface area contributed by atoms with E-state index in [0.717, 1.165) is 17.1 Å². The summed E-state index contributed by atoms with van der Waals surface area (Å²) in [6.45, 7) is 4.05. The molecule has 0 aliphatic heterocycles. The van der Waals surface area contributed by atoms with E-state index in [2.05, 4.69) is 21.0 Å². The Morgan fingerprint density at radius 2 is 1.63 bits per heavy atom. The molecule has 0 saturated heterocycles. The maximum Gasteiger partial charge on any atom is 0.266 e. The van der Waals surface area contributed by atoms with Crippen LogP contribution >= 0.6 is 0 Å². The van der Waals surface area contributed by atoms with E-state index < -0.39 is 0 Å². The van der Waals surface area contributed by atoms with Gasteiger partial charge in [-0.3, -0.25) is 10.1 Å². The summed E-state index contributed by atoms with van der Waals surface area (Å²) in [7, 11) is 0. The van der Waals surface area contributed by atoms with Crippen LogP contribution in [0.1, 0.15) is 11.4 Å².